The number of carbonyl (C=O) groups excluding carboxylic acids is 1. The van der Waals surface area contributed by atoms with E-state index < -0.39 is 0 Å². The molecule has 1 aliphatic heterocycles. The van der Waals surface area contributed by atoms with Crippen molar-refractivity contribution in [3.63, 3.8) is 0 Å². The highest BCUT2D eigenvalue weighted by molar-refractivity contribution is 8.00. The molecule has 0 bridgehead atoms. The summed E-state index contributed by atoms with van der Waals surface area (Å²) < 4.78 is 0. The SMILES string of the molecule is C[C@H](Sc1nc2ccccc2[nH]1)C(=O)N1CCN(Cc2ccccc2)CC1. The Hall–Kier alpha value is -2.31. The first-order valence-corrected chi connectivity index (χ1v) is 10.2. The number of aromatic nitrogens is 2. The zero-order valence-electron chi connectivity index (χ0n) is 15.5. The summed E-state index contributed by atoms with van der Waals surface area (Å²) in [6, 6.07) is 18.4. The summed E-state index contributed by atoms with van der Waals surface area (Å²) in [5, 5.41) is 0.658. The number of para-hydroxylation sites is 2. The number of hydrogen-bond acceptors (Lipinski definition) is 4. The molecule has 140 valence electrons. The van der Waals surface area contributed by atoms with Crippen molar-refractivity contribution in [1.82, 2.24) is 19.8 Å². The van der Waals surface area contributed by atoms with Crippen molar-refractivity contribution in [3.8, 4) is 0 Å². The Morgan fingerprint density at radius 3 is 2.52 bits per heavy atom. The molecule has 1 atom stereocenters. The third-order valence-corrected chi connectivity index (χ3v) is 5.91. The summed E-state index contributed by atoms with van der Waals surface area (Å²) in [6.07, 6.45) is 0. The Labute approximate surface area is 163 Å². The van der Waals surface area contributed by atoms with Crippen LogP contribution in [-0.4, -0.2) is 57.1 Å². The van der Waals surface area contributed by atoms with Crippen LogP contribution in [0, 0.1) is 0 Å². The maximum absolute atomic E-state index is 12.8. The van der Waals surface area contributed by atoms with Crippen molar-refractivity contribution in [2.24, 2.45) is 0 Å². The molecule has 1 fully saturated rings. The number of H-pyrrole nitrogens is 1. The first-order chi connectivity index (χ1) is 13.2. The third kappa shape index (κ3) is 4.34. The van der Waals surface area contributed by atoms with Crippen molar-refractivity contribution in [2.75, 3.05) is 26.2 Å². The van der Waals surface area contributed by atoms with Crippen LogP contribution in [0.5, 0.6) is 0 Å². The highest BCUT2D eigenvalue weighted by atomic mass is 32.2. The van der Waals surface area contributed by atoms with Gasteiger partial charge in [-0.25, -0.2) is 4.98 Å². The van der Waals surface area contributed by atoms with E-state index in [1.807, 2.05) is 42.2 Å². The third-order valence-electron chi connectivity index (χ3n) is 4.94. The Morgan fingerprint density at radius 1 is 1.07 bits per heavy atom. The Balaban J connectivity index is 1.30. The maximum Gasteiger partial charge on any atom is 0.235 e. The number of hydrogen-bond donors (Lipinski definition) is 1. The lowest BCUT2D eigenvalue weighted by Gasteiger charge is -2.35. The molecule has 4 rings (SSSR count). The van der Waals surface area contributed by atoms with Gasteiger partial charge in [0.25, 0.3) is 0 Å². The van der Waals surface area contributed by atoms with Gasteiger partial charge in [-0.2, -0.15) is 0 Å². The number of aromatic amines is 1. The number of amides is 1. The van der Waals surface area contributed by atoms with Crippen LogP contribution in [-0.2, 0) is 11.3 Å². The predicted octanol–water partition coefficient (Wildman–Crippen LogP) is 3.39. The number of imidazole rings is 1. The van der Waals surface area contributed by atoms with E-state index >= 15 is 0 Å². The minimum absolute atomic E-state index is 0.147. The van der Waals surface area contributed by atoms with Gasteiger partial charge in [-0.15, -0.1) is 0 Å². The highest BCUT2D eigenvalue weighted by Crippen LogP contribution is 2.25. The zero-order valence-corrected chi connectivity index (χ0v) is 16.3. The smallest absolute Gasteiger partial charge is 0.235 e. The summed E-state index contributed by atoms with van der Waals surface area (Å²) in [6.45, 7) is 6.33. The normalized spacial score (nSPS) is 16.6. The van der Waals surface area contributed by atoms with Crippen LogP contribution < -0.4 is 0 Å². The second-order valence-corrected chi connectivity index (χ2v) is 8.24. The monoisotopic (exact) mass is 380 g/mol. The van der Waals surface area contributed by atoms with Crippen LogP contribution >= 0.6 is 11.8 Å². The number of nitrogens with zero attached hydrogens (tertiary/aromatic N) is 3. The van der Waals surface area contributed by atoms with E-state index in [2.05, 4.69) is 39.1 Å². The minimum atomic E-state index is -0.147. The Bertz CT molecular complexity index is 870. The van der Waals surface area contributed by atoms with E-state index in [0.29, 0.717) is 0 Å². The van der Waals surface area contributed by atoms with Crippen LogP contribution in [0.15, 0.2) is 59.8 Å². The van der Waals surface area contributed by atoms with Gasteiger partial charge >= 0.3 is 0 Å². The first kappa shape index (κ1) is 18.1. The summed E-state index contributed by atoms with van der Waals surface area (Å²) >= 11 is 1.50. The van der Waals surface area contributed by atoms with Gasteiger partial charge in [-0.05, 0) is 24.6 Å². The standard InChI is InChI=1S/C21H24N4OS/c1-16(27-21-22-18-9-5-6-10-19(18)23-21)20(26)25-13-11-24(12-14-25)15-17-7-3-2-4-8-17/h2-10,16H,11-15H2,1H3,(H,22,23)/t16-/m0/s1. The molecule has 2 aromatic carbocycles. The second-order valence-electron chi connectivity index (χ2n) is 6.91. The lowest BCUT2D eigenvalue weighted by Crippen LogP contribution is -2.50. The lowest BCUT2D eigenvalue weighted by atomic mass is 10.2. The zero-order chi connectivity index (χ0) is 18.6. The molecule has 0 unspecified atom stereocenters. The molecule has 0 spiro atoms. The van der Waals surface area contributed by atoms with Crippen LogP contribution in [0.25, 0.3) is 11.0 Å². The molecule has 1 N–H and O–H groups in total. The van der Waals surface area contributed by atoms with Gasteiger partial charge in [-0.3, -0.25) is 9.69 Å². The molecule has 1 saturated heterocycles. The number of thioether (sulfide) groups is 1. The molecule has 0 saturated carbocycles. The molecule has 27 heavy (non-hydrogen) atoms. The largest absolute Gasteiger partial charge is 0.339 e. The van der Waals surface area contributed by atoms with Gasteiger partial charge in [0, 0.05) is 32.7 Å². The molecule has 5 nitrogen and oxygen atoms in total. The van der Waals surface area contributed by atoms with Crippen molar-refractivity contribution < 1.29 is 4.79 Å². The fourth-order valence-corrected chi connectivity index (χ4v) is 4.33. The number of benzene rings is 2. The fourth-order valence-electron chi connectivity index (χ4n) is 3.43. The Kier molecular flexibility index (Phi) is 5.45. The van der Waals surface area contributed by atoms with Gasteiger partial charge in [-0.1, -0.05) is 54.2 Å². The lowest BCUT2D eigenvalue weighted by molar-refractivity contribution is -0.132. The molecule has 1 aliphatic rings. The average molecular weight is 381 g/mol. The Morgan fingerprint density at radius 2 is 1.78 bits per heavy atom. The number of carbonyl (C=O) groups is 1. The maximum atomic E-state index is 12.8. The van der Waals surface area contributed by atoms with E-state index in [1.54, 1.807) is 0 Å². The van der Waals surface area contributed by atoms with Gasteiger partial charge in [0.1, 0.15) is 0 Å². The summed E-state index contributed by atoms with van der Waals surface area (Å²) in [5.74, 6) is 0.194. The number of piperazine rings is 1. The molecule has 3 aromatic rings. The van der Waals surface area contributed by atoms with E-state index in [4.69, 9.17) is 0 Å². The topological polar surface area (TPSA) is 52.2 Å². The quantitative estimate of drug-likeness (QED) is 0.690. The molecule has 6 heteroatoms. The number of fused-ring (bicyclic) bond motifs is 1. The summed E-state index contributed by atoms with van der Waals surface area (Å²) in [7, 11) is 0. The van der Waals surface area contributed by atoms with Crippen LogP contribution in [0.2, 0.25) is 0 Å². The highest BCUT2D eigenvalue weighted by Gasteiger charge is 2.26. The number of rotatable bonds is 5. The predicted molar refractivity (Wildman–Crippen MR) is 110 cm³/mol. The van der Waals surface area contributed by atoms with Crippen molar-refractivity contribution >= 4 is 28.7 Å². The summed E-state index contributed by atoms with van der Waals surface area (Å²) in [4.78, 5) is 25.1. The minimum Gasteiger partial charge on any atom is -0.339 e. The van der Waals surface area contributed by atoms with Crippen LogP contribution in [0.1, 0.15) is 12.5 Å². The molecular formula is C21H24N4OS. The van der Waals surface area contributed by atoms with Gasteiger partial charge in [0.15, 0.2) is 5.16 Å². The van der Waals surface area contributed by atoms with Gasteiger partial charge in [0.05, 0.1) is 16.3 Å². The molecule has 2 heterocycles. The fraction of sp³-hybridized carbons (Fsp3) is 0.333. The van der Waals surface area contributed by atoms with Gasteiger partial charge < -0.3 is 9.88 Å². The van der Waals surface area contributed by atoms with Crippen LogP contribution in [0.3, 0.4) is 0 Å². The molecule has 1 aromatic heterocycles. The molecule has 0 aliphatic carbocycles. The van der Waals surface area contributed by atoms with E-state index in [-0.39, 0.29) is 11.2 Å². The first-order valence-electron chi connectivity index (χ1n) is 9.35. The van der Waals surface area contributed by atoms with E-state index in [0.717, 1.165) is 48.9 Å². The average Bonchev–Trinajstić information content (AvgIpc) is 3.11. The summed E-state index contributed by atoms with van der Waals surface area (Å²) in [5.41, 5.74) is 3.27. The van der Waals surface area contributed by atoms with Gasteiger partial charge in [0.2, 0.25) is 5.91 Å². The number of nitrogens with one attached hydrogen (secondary N) is 1. The van der Waals surface area contributed by atoms with E-state index in [1.165, 1.54) is 17.3 Å². The van der Waals surface area contributed by atoms with Crippen molar-refractivity contribution in [3.05, 3.63) is 60.2 Å². The van der Waals surface area contributed by atoms with Crippen molar-refractivity contribution in [1.29, 1.82) is 0 Å². The second kappa shape index (κ2) is 8.15. The van der Waals surface area contributed by atoms with Crippen LogP contribution in [0.4, 0.5) is 0 Å². The molecule has 1 amide bonds. The van der Waals surface area contributed by atoms with Crippen molar-refractivity contribution in [2.45, 2.75) is 23.9 Å². The molecular weight excluding hydrogens is 356 g/mol. The molecule has 0 radical (unpaired) electrons. The van der Waals surface area contributed by atoms with E-state index in [9.17, 15) is 4.79 Å².